The molecule has 0 aliphatic carbocycles. The van der Waals surface area contributed by atoms with Crippen LogP contribution in [-0.2, 0) is 0 Å². The second-order valence-corrected chi connectivity index (χ2v) is 5.30. The molecule has 0 amide bonds. The lowest BCUT2D eigenvalue weighted by molar-refractivity contribution is 0.103. The van der Waals surface area contributed by atoms with Crippen molar-refractivity contribution in [3.8, 4) is 11.5 Å². The van der Waals surface area contributed by atoms with Crippen molar-refractivity contribution >= 4 is 17.4 Å². The molecular formula is C17H17ClO3. The third-order valence-electron chi connectivity index (χ3n) is 2.90. The zero-order valence-corrected chi connectivity index (χ0v) is 13.0. The Hall–Kier alpha value is -2.00. The van der Waals surface area contributed by atoms with Gasteiger partial charge in [0.15, 0.2) is 5.78 Å². The van der Waals surface area contributed by atoms with E-state index in [1.165, 1.54) is 7.11 Å². The Balaban J connectivity index is 2.28. The Morgan fingerprint density at radius 3 is 2.33 bits per heavy atom. The van der Waals surface area contributed by atoms with Gasteiger partial charge in [-0.2, -0.15) is 0 Å². The molecule has 0 N–H and O–H groups in total. The summed E-state index contributed by atoms with van der Waals surface area (Å²) in [6, 6.07) is 12.0. The van der Waals surface area contributed by atoms with Crippen molar-refractivity contribution in [3.05, 3.63) is 58.6 Å². The number of ketones is 1. The van der Waals surface area contributed by atoms with E-state index < -0.39 is 0 Å². The number of halogens is 1. The van der Waals surface area contributed by atoms with Gasteiger partial charge in [-0.25, -0.2) is 0 Å². The van der Waals surface area contributed by atoms with Gasteiger partial charge in [0.1, 0.15) is 11.5 Å². The minimum Gasteiger partial charge on any atom is -0.496 e. The molecule has 2 aromatic carbocycles. The van der Waals surface area contributed by atoms with Gasteiger partial charge in [0.05, 0.1) is 18.8 Å². The summed E-state index contributed by atoms with van der Waals surface area (Å²) in [5.41, 5.74) is 1.06. The molecule has 0 unspecified atom stereocenters. The molecule has 3 nitrogen and oxygen atoms in total. The van der Waals surface area contributed by atoms with Crippen LogP contribution < -0.4 is 9.47 Å². The van der Waals surface area contributed by atoms with Crippen LogP contribution in [0.2, 0.25) is 5.02 Å². The smallest absolute Gasteiger partial charge is 0.196 e. The lowest BCUT2D eigenvalue weighted by atomic mass is 10.0. The van der Waals surface area contributed by atoms with Gasteiger partial charge in [-0.1, -0.05) is 11.6 Å². The molecular weight excluding hydrogens is 288 g/mol. The largest absolute Gasteiger partial charge is 0.496 e. The van der Waals surface area contributed by atoms with Gasteiger partial charge in [0.2, 0.25) is 0 Å². The summed E-state index contributed by atoms with van der Waals surface area (Å²) in [6.07, 6.45) is 0.0999. The summed E-state index contributed by atoms with van der Waals surface area (Å²) in [5.74, 6) is 1.10. The highest BCUT2D eigenvalue weighted by Gasteiger charge is 2.15. The first-order valence-electron chi connectivity index (χ1n) is 6.66. The third-order valence-corrected chi connectivity index (χ3v) is 3.13. The Labute approximate surface area is 129 Å². The summed E-state index contributed by atoms with van der Waals surface area (Å²) < 4.78 is 10.8. The molecule has 110 valence electrons. The van der Waals surface area contributed by atoms with Crippen LogP contribution >= 0.6 is 11.6 Å². The maximum atomic E-state index is 12.5. The molecule has 0 saturated carbocycles. The van der Waals surface area contributed by atoms with Crippen LogP contribution in [0.1, 0.15) is 29.8 Å². The lowest BCUT2D eigenvalue weighted by Crippen LogP contribution is -2.07. The quantitative estimate of drug-likeness (QED) is 0.770. The van der Waals surface area contributed by atoms with Crippen LogP contribution in [0.15, 0.2) is 42.5 Å². The van der Waals surface area contributed by atoms with E-state index in [1.54, 1.807) is 42.5 Å². The van der Waals surface area contributed by atoms with Gasteiger partial charge in [0, 0.05) is 10.6 Å². The van der Waals surface area contributed by atoms with E-state index in [9.17, 15) is 4.79 Å². The Morgan fingerprint density at radius 2 is 1.76 bits per heavy atom. The van der Waals surface area contributed by atoms with Gasteiger partial charge < -0.3 is 9.47 Å². The molecule has 2 rings (SSSR count). The highest BCUT2D eigenvalue weighted by Crippen LogP contribution is 2.26. The van der Waals surface area contributed by atoms with Crippen molar-refractivity contribution in [2.45, 2.75) is 20.0 Å². The fourth-order valence-electron chi connectivity index (χ4n) is 1.97. The molecule has 0 aliphatic heterocycles. The van der Waals surface area contributed by atoms with E-state index in [1.807, 2.05) is 13.8 Å². The second-order valence-electron chi connectivity index (χ2n) is 4.86. The maximum absolute atomic E-state index is 12.5. The van der Waals surface area contributed by atoms with Crippen molar-refractivity contribution in [1.29, 1.82) is 0 Å². The van der Waals surface area contributed by atoms with E-state index in [2.05, 4.69) is 0 Å². The molecule has 0 bridgehead atoms. The fourth-order valence-corrected chi connectivity index (χ4v) is 2.13. The minimum atomic E-state index is -0.111. The minimum absolute atomic E-state index is 0.0999. The normalized spacial score (nSPS) is 10.5. The summed E-state index contributed by atoms with van der Waals surface area (Å²) >= 11 is 5.91. The number of hydrogen-bond donors (Lipinski definition) is 0. The predicted molar refractivity (Wildman–Crippen MR) is 83.6 cm³/mol. The average molecular weight is 305 g/mol. The molecule has 0 heterocycles. The zero-order valence-electron chi connectivity index (χ0n) is 12.2. The number of benzene rings is 2. The second kappa shape index (κ2) is 6.64. The molecule has 0 saturated heterocycles. The monoisotopic (exact) mass is 304 g/mol. The van der Waals surface area contributed by atoms with E-state index in [0.29, 0.717) is 21.9 Å². The van der Waals surface area contributed by atoms with Gasteiger partial charge in [-0.3, -0.25) is 4.79 Å². The lowest BCUT2D eigenvalue weighted by Gasteiger charge is -2.11. The van der Waals surface area contributed by atoms with Crippen molar-refractivity contribution in [1.82, 2.24) is 0 Å². The molecule has 0 spiro atoms. The van der Waals surface area contributed by atoms with E-state index >= 15 is 0 Å². The Bertz CT molecular complexity index is 633. The molecule has 0 radical (unpaired) electrons. The summed E-state index contributed by atoms with van der Waals surface area (Å²) in [5, 5.41) is 0.532. The highest BCUT2D eigenvalue weighted by atomic mass is 35.5. The van der Waals surface area contributed by atoms with Crippen LogP contribution in [0.4, 0.5) is 0 Å². The van der Waals surface area contributed by atoms with Crippen LogP contribution in [0.25, 0.3) is 0 Å². The van der Waals surface area contributed by atoms with Crippen molar-refractivity contribution in [3.63, 3.8) is 0 Å². The first-order chi connectivity index (χ1) is 10.0. The molecule has 0 atom stereocenters. The molecule has 0 aliphatic rings. The fraction of sp³-hybridized carbons (Fsp3) is 0.235. The Morgan fingerprint density at radius 1 is 1.10 bits per heavy atom. The number of rotatable bonds is 5. The van der Waals surface area contributed by atoms with Gasteiger partial charge in [-0.05, 0) is 56.3 Å². The van der Waals surface area contributed by atoms with Crippen LogP contribution in [0.3, 0.4) is 0 Å². The van der Waals surface area contributed by atoms with E-state index in [0.717, 1.165) is 5.75 Å². The first-order valence-corrected chi connectivity index (χ1v) is 7.04. The molecule has 4 heteroatoms. The van der Waals surface area contributed by atoms with Crippen LogP contribution in [-0.4, -0.2) is 19.0 Å². The van der Waals surface area contributed by atoms with Gasteiger partial charge in [0.25, 0.3) is 0 Å². The van der Waals surface area contributed by atoms with E-state index in [-0.39, 0.29) is 11.9 Å². The predicted octanol–water partition coefficient (Wildman–Crippen LogP) is 4.37. The summed E-state index contributed by atoms with van der Waals surface area (Å²) in [7, 11) is 1.52. The molecule has 0 aromatic heterocycles. The van der Waals surface area contributed by atoms with Gasteiger partial charge >= 0.3 is 0 Å². The highest BCUT2D eigenvalue weighted by molar-refractivity contribution is 6.31. The van der Waals surface area contributed by atoms with Crippen LogP contribution in [0, 0.1) is 0 Å². The van der Waals surface area contributed by atoms with Gasteiger partial charge in [-0.15, -0.1) is 0 Å². The molecule has 2 aromatic rings. The summed E-state index contributed by atoms with van der Waals surface area (Å²) in [6.45, 7) is 3.91. The van der Waals surface area contributed by atoms with Crippen molar-refractivity contribution < 1.29 is 14.3 Å². The number of ether oxygens (including phenoxy) is 2. The van der Waals surface area contributed by atoms with Crippen LogP contribution in [0.5, 0.6) is 11.5 Å². The topological polar surface area (TPSA) is 35.5 Å². The third kappa shape index (κ3) is 3.76. The number of carbonyl (C=O) groups is 1. The number of carbonyl (C=O) groups excluding carboxylic acids is 1. The number of methoxy groups -OCH3 is 1. The van der Waals surface area contributed by atoms with Crippen molar-refractivity contribution in [2.24, 2.45) is 0 Å². The molecule has 0 fully saturated rings. The number of hydrogen-bond acceptors (Lipinski definition) is 3. The maximum Gasteiger partial charge on any atom is 0.196 e. The Kier molecular flexibility index (Phi) is 4.86. The van der Waals surface area contributed by atoms with Crippen molar-refractivity contribution in [2.75, 3.05) is 7.11 Å². The van der Waals surface area contributed by atoms with E-state index in [4.69, 9.17) is 21.1 Å². The summed E-state index contributed by atoms with van der Waals surface area (Å²) in [4.78, 5) is 12.5. The zero-order chi connectivity index (χ0) is 15.4. The first kappa shape index (κ1) is 15.4. The molecule has 21 heavy (non-hydrogen) atoms. The SMILES string of the molecule is COc1cc(Cl)ccc1C(=O)c1ccc(OC(C)C)cc1. The standard InChI is InChI=1S/C17H17ClO3/c1-11(2)21-14-7-4-12(5-8-14)17(19)15-9-6-13(18)10-16(15)20-3/h4-11H,1-3H3. The average Bonchev–Trinajstić information content (AvgIpc) is 2.46.